The van der Waals surface area contributed by atoms with Gasteiger partial charge in [-0.1, -0.05) is 30.9 Å². The van der Waals surface area contributed by atoms with E-state index in [9.17, 15) is 5.11 Å². The number of rotatable bonds is 4. The van der Waals surface area contributed by atoms with Crippen LogP contribution in [0.25, 0.3) is 0 Å². The predicted octanol–water partition coefficient (Wildman–Crippen LogP) is 2.69. The zero-order chi connectivity index (χ0) is 9.68. The fourth-order valence-corrected chi connectivity index (χ4v) is 2.07. The topological polar surface area (TPSA) is 20.2 Å². The van der Waals surface area contributed by atoms with E-state index in [4.69, 9.17) is 0 Å². The molecule has 1 saturated carbocycles. The van der Waals surface area contributed by atoms with Crippen molar-refractivity contribution < 1.29 is 5.11 Å². The highest BCUT2D eigenvalue weighted by atomic mass is 16.3. The fraction of sp³-hybridized carbons (Fsp3) is 0.500. The zero-order valence-electron chi connectivity index (χ0n) is 8.02. The first-order valence-electron chi connectivity index (χ1n) is 4.87. The van der Waals surface area contributed by atoms with Crippen LogP contribution in [0.1, 0.15) is 19.3 Å². The molecule has 0 aromatic heterocycles. The molecule has 1 N–H and O–H groups in total. The van der Waals surface area contributed by atoms with Gasteiger partial charge in [-0.15, -0.1) is 6.58 Å². The molecule has 0 spiro atoms. The lowest BCUT2D eigenvalue weighted by Gasteiger charge is -2.16. The Kier molecular flexibility index (Phi) is 3.97. The second-order valence-electron chi connectivity index (χ2n) is 3.63. The standard InChI is InChI=1S/C12H18O/c1-3-5-7-11-10(6-4-2)8-9-12(11)13/h3-5,7,10-13H,1-2,6,8-9H2/b7-5+/t10-,11+,12+/m1/s1. The maximum atomic E-state index is 9.69. The Hall–Kier alpha value is -0.820. The van der Waals surface area contributed by atoms with Gasteiger partial charge in [-0.05, 0) is 25.2 Å². The molecule has 0 radical (unpaired) electrons. The third-order valence-corrected chi connectivity index (χ3v) is 2.76. The quantitative estimate of drug-likeness (QED) is 0.518. The first-order chi connectivity index (χ1) is 6.29. The molecule has 1 nitrogen and oxygen atoms in total. The molecule has 1 aliphatic rings. The van der Waals surface area contributed by atoms with Crippen LogP contribution in [-0.4, -0.2) is 11.2 Å². The highest BCUT2D eigenvalue weighted by Crippen LogP contribution is 2.35. The van der Waals surface area contributed by atoms with Crippen LogP contribution in [0.4, 0.5) is 0 Å². The van der Waals surface area contributed by atoms with Crippen molar-refractivity contribution in [3.8, 4) is 0 Å². The maximum Gasteiger partial charge on any atom is 0.0605 e. The summed E-state index contributed by atoms with van der Waals surface area (Å²) in [6.45, 7) is 7.37. The van der Waals surface area contributed by atoms with Gasteiger partial charge in [0.1, 0.15) is 0 Å². The van der Waals surface area contributed by atoms with Crippen LogP contribution in [0.15, 0.2) is 37.5 Å². The summed E-state index contributed by atoms with van der Waals surface area (Å²) in [6, 6.07) is 0. The molecule has 13 heavy (non-hydrogen) atoms. The van der Waals surface area contributed by atoms with Gasteiger partial charge in [0.2, 0.25) is 0 Å². The van der Waals surface area contributed by atoms with Gasteiger partial charge in [0, 0.05) is 5.92 Å². The molecule has 0 unspecified atom stereocenters. The van der Waals surface area contributed by atoms with Crippen molar-refractivity contribution in [2.45, 2.75) is 25.4 Å². The molecule has 1 heteroatoms. The minimum Gasteiger partial charge on any atom is -0.393 e. The van der Waals surface area contributed by atoms with E-state index in [0.717, 1.165) is 19.3 Å². The van der Waals surface area contributed by atoms with E-state index in [-0.39, 0.29) is 6.10 Å². The van der Waals surface area contributed by atoms with Gasteiger partial charge in [0.25, 0.3) is 0 Å². The Morgan fingerprint density at radius 1 is 1.31 bits per heavy atom. The predicted molar refractivity (Wildman–Crippen MR) is 56.4 cm³/mol. The lowest BCUT2D eigenvalue weighted by molar-refractivity contribution is 0.142. The van der Waals surface area contributed by atoms with Crippen molar-refractivity contribution in [2.24, 2.45) is 11.8 Å². The average molecular weight is 178 g/mol. The zero-order valence-corrected chi connectivity index (χ0v) is 8.02. The van der Waals surface area contributed by atoms with E-state index in [1.807, 2.05) is 12.2 Å². The Morgan fingerprint density at radius 3 is 2.69 bits per heavy atom. The van der Waals surface area contributed by atoms with Gasteiger partial charge < -0.3 is 5.11 Å². The Morgan fingerprint density at radius 2 is 2.08 bits per heavy atom. The smallest absolute Gasteiger partial charge is 0.0605 e. The molecular weight excluding hydrogens is 160 g/mol. The molecule has 0 aliphatic heterocycles. The minimum absolute atomic E-state index is 0.166. The van der Waals surface area contributed by atoms with Crippen molar-refractivity contribution in [1.82, 2.24) is 0 Å². The van der Waals surface area contributed by atoms with E-state index >= 15 is 0 Å². The largest absolute Gasteiger partial charge is 0.393 e. The summed E-state index contributed by atoms with van der Waals surface area (Å²) < 4.78 is 0. The SMILES string of the molecule is C=C/C=C/[C@H]1[C@H](CC=C)CC[C@@H]1O. The van der Waals surface area contributed by atoms with E-state index in [2.05, 4.69) is 19.2 Å². The van der Waals surface area contributed by atoms with Crippen molar-refractivity contribution in [1.29, 1.82) is 0 Å². The van der Waals surface area contributed by atoms with Gasteiger partial charge in [0.15, 0.2) is 0 Å². The lowest BCUT2D eigenvalue weighted by atomic mass is 9.91. The number of allylic oxidation sites excluding steroid dienone is 3. The molecule has 1 rings (SSSR count). The number of aliphatic hydroxyl groups is 1. The van der Waals surface area contributed by atoms with Crippen molar-refractivity contribution in [3.63, 3.8) is 0 Å². The van der Waals surface area contributed by atoms with Gasteiger partial charge in [-0.25, -0.2) is 0 Å². The molecule has 0 bridgehead atoms. The third-order valence-electron chi connectivity index (χ3n) is 2.76. The van der Waals surface area contributed by atoms with E-state index in [0.29, 0.717) is 11.8 Å². The van der Waals surface area contributed by atoms with Crippen LogP contribution in [0.5, 0.6) is 0 Å². The van der Waals surface area contributed by atoms with Crippen LogP contribution in [-0.2, 0) is 0 Å². The summed E-state index contributed by atoms with van der Waals surface area (Å²) in [4.78, 5) is 0. The molecule has 1 fully saturated rings. The van der Waals surface area contributed by atoms with E-state index in [1.165, 1.54) is 0 Å². The number of hydrogen-bond donors (Lipinski definition) is 1. The molecule has 0 saturated heterocycles. The monoisotopic (exact) mass is 178 g/mol. The first-order valence-corrected chi connectivity index (χ1v) is 4.87. The Balaban J connectivity index is 2.58. The minimum atomic E-state index is -0.166. The van der Waals surface area contributed by atoms with Crippen LogP contribution in [0.3, 0.4) is 0 Å². The Labute approximate surface area is 80.5 Å². The van der Waals surface area contributed by atoms with Crippen molar-refractivity contribution in [3.05, 3.63) is 37.5 Å². The number of aliphatic hydroxyl groups excluding tert-OH is 1. The highest BCUT2D eigenvalue weighted by molar-refractivity contribution is 5.06. The second kappa shape index (κ2) is 5.03. The van der Waals surface area contributed by atoms with Crippen LogP contribution in [0, 0.1) is 11.8 Å². The van der Waals surface area contributed by atoms with Crippen molar-refractivity contribution in [2.75, 3.05) is 0 Å². The van der Waals surface area contributed by atoms with Gasteiger partial charge >= 0.3 is 0 Å². The molecule has 0 heterocycles. The molecule has 3 atom stereocenters. The first kappa shape index (κ1) is 10.3. The van der Waals surface area contributed by atoms with E-state index < -0.39 is 0 Å². The molecule has 0 aromatic rings. The highest BCUT2D eigenvalue weighted by Gasteiger charge is 2.31. The normalized spacial score (nSPS) is 33.8. The molecule has 0 aromatic carbocycles. The van der Waals surface area contributed by atoms with Crippen LogP contribution < -0.4 is 0 Å². The molecule has 72 valence electrons. The van der Waals surface area contributed by atoms with Gasteiger partial charge in [-0.2, -0.15) is 0 Å². The summed E-state index contributed by atoms with van der Waals surface area (Å²) in [6.07, 6.45) is 10.6. The lowest BCUT2D eigenvalue weighted by Crippen LogP contribution is -2.16. The summed E-state index contributed by atoms with van der Waals surface area (Å²) >= 11 is 0. The molecule has 0 amide bonds. The Bertz CT molecular complexity index is 205. The second-order valence-corrected chi connectivity index (χ2v) is 3.63. The summed E-state index contributed by atoms with van der Waals surface area (Å²) in [5, 5.41) is 9.69. The van der Waals surface area contributed by atoms with Crippen LogP contribution >= 0.6 is 0 Å². The van der Waals surface area contributed by atoms with E-state index in [1.54, 1.807) is 6.08 Å². The molecule has 1 aliphatic carbocycles. The van der Waals surface area contributed by atoms with Crippen molar-refractivity contribution >= 4 is 0 Å². The van der Waals surface area contributed by atoms with Gasteiger partial charge in [0.05, 0.1) is 6.10 Å². The average Bonchev–Trinajstić information content (AvgIpc) is 2.45. The molecular formula is C12H18O. The maximum absolute atomic E-state index is 9.69. The summed E-state index contributed by atoms with van der Waals surface area (Å²) in [5.74, 6) is 0.875. The summed E-state index contributed by atoms with van der Waals surface area (Å²) in [5.41, 5.74) is 0. The third kappa shape index (κ3) is 2.56. The summed E-state index contributed by atoms with van der Waals surface area (Å²) in [7, 11) is 0. The van der Waals surface area contributed by atoms with Gasteiger partial charge in [-0.3, -0.25) is 0 Å². The fourth-order valence-electron chi connectivity index (χ4n) is 2.07. The number of hydrogen-bond acceptors (Lipinski definition) is 1. The van der Waals surface area contributed by atoms with Crippen LogP contribution in [0.2, 0.25) is 0 Å².